The maximum atomic E-state index is 11.5. The highest BCUT2D eigenvalue weighted by atomic mass is 35.5. The van der Waals surface area contributed by atoms with Gasteiger partial charge in [-0.15, -0.1) is 0 Å². The van der Waals surface area contributed by atoms with E-state index in [-0.39, 0.29) is 17.3 Å². The number of benzene rings is 1. The molecule has 0 saturated heterocycles. The van der Waals surface area contributed by atoms with Gasteiger partial charge in [-0.05, 0) is 24.3 Å². The molecule has 0 spiro atoms. The van der Waals surface area contributed by atoms with Crippen LogP contribution in [-0.4, -0.2) is 19.6 Å². The molecule has 7 nitrogen and oxygen atoms in total. The highest BCUT2D eigenvalue weighted by Crippen LogP contribution is 2.26. The molecule has 0 radical (unpaired) electrons. The molecule has 2 rings (SSSR count). The molecule has 0 bridgehead atoms. The van der Waals surface area contributed by atoms with E-state index < -0.39 is 14.8 Å². The standard InChI is InChI=1S/C12H11ClN2O5S/c1-21(18,19)9-3-4-10(13)11(6-9)14-7-8-2-5-12(20-8)15(16)17/h2-6,14H,7H2,1H3. The molecule has 1 N–H and O–H groups in total. The van der Waals surface area contributed by atoms with E-state index in [0.29, 0.717) is 16.5 Å². The Morgan fingerprint density at radius 3 is 2.62 bits per heavy atom. The van der Waals surface area contributed by atoms with Gasteiger partial charge in [0.15, 0.2) is 9.84 Å². The van der Waals surface area contributed by atoms with Crippen LogP contribution in [0.15, 0.2) is 39.6 Å². The summed E-state index contributed by atoms with van der Waals surface area (Å²) in [5.74, 6) is -0.0229. The second kappa shape index (κ2) is 5.74. The van der Waals surface area contributed by atoms with Crippen molar-refractivity contribution in [2.24, 2.45) is 0 Å². The van der Waals surface area contributed by atoms with Gasteiger partial charge in [-0.2, -0.15) is 0 Å². The van der Waals surface area contributed by atoms with Crippen LogP contribution in [-0.2, 0) is 16.4 Å². The van der Waals surface area contributed by atoms with Crippen molar-refractivity contribution >= 4 is 33.0 Å². The lowest BCUT2D eigenvalue weighted by Gasteiger charge is -2.08. The first kappa shape index (κ1) is 15.3. The van der Waals surface area contributed by atoms with Crippen molar-refractivity contribution in [1.29, 1.82) is 0 Å². The minimum Gasteiger partial charge on any atom is -0.404 e. The molecule has 1 aromatic heterocycles. The Kier molecular flexibility index (Phi) is 4.19. The van der Waals surface area contributed by atoms with Gasteiger partial charge >= 0.3 is 5.88 Å². The van der Waals surface area contributed by atoms with Gasteiger partial charge in [0.1, 0.15) is 10.7 Å². The van der Waals surface area contributed by atoms with Gasteiger partial charge in [-0.25, -0.2) is 8.42 Å². The summed E-state index contributed by atoms with van der Waals surface area (Å²) in [6, 6.07) is 6.96. The van der Waals surface area contributed by atoms with Crippen molar-refractivity contribution in [3.63, 3.8) is 0 Å². The van der Waals surface area contributed by atoms with Gasteiger partial charge in [-0.1, -0.05) is 11.6 Å². The van der Waals surface area contributed by atoms with Crippen LogP contribution < -0.4 is 5.32 Å². The number of nitrogens with zero attached hydrogens (tertiary/aromatic N) is 1. The molecule has 0 atom stereocenters. The summed E-state index contributed by atoms with van der Waals surface area (Å²) in [6.45, 7) is 0.140. The lowest BCUT2D eigenvalue weighted by molar-refractivity contribution is -0.402. The third kappa shape index (κ3) is 3.73. The zero-order valence-corrected chi connectivity index (χ0v) is 12.4. The van der Waals surface area contributed by atoms with E-state index in [1.54, 1.807) is 0 Å². The van der Waals surface area contributed by atoms with Crippen molar-refractivity contribution < 1.29 is 17.8 Å². The van der Waals surface area contributed by atoms with E-state index in [2.05, 4.69) is 5.32 Å². The summed E-state index contributed by atoms with van der Waals surface area (Å²) in [4.78, 5) is 9.99. The van der Waals surface area contributed by atoms with Crippen molar-refractivity contribution in [1.82, 2.24) is 0 Å². The van der Waals surface area contributed by atoms with Crippen LogP contribution in [0, 0.1) is 10.1 Å². The van der Waals surface area contributed by atoms with Gasteiger partial charge in [-0.3, -0.25) is 10.1 Å². The highest BCUT2D eigenvalue weighted by molar-refractivity contribution is 7.90. The predicted molar refractivity (Wildman–Crippen MR) is 77.3 cm³/mol. The number of furan rings is 1. The smallest absolute Gasteiger partial charge is 0.404 e. The Balaban J connectivity index is 2.17. The minimum atomic E-state index is -3.34. The molecular formula is C12H11ClN2O5S. The summed E-state index contributed by atoms with van der Waals surface area (Å²) >= 11 is 5.97. The quantitative estimate of drug-likeness (QED) is 0.668. The SMILES string of the molecule is CS(=O)(=O)c1ccc(Cl)c(NCc2ccc([N+](=O)[O-])o2)c1. The average Bonchev–Trinajstić information content (AvgIpc) is 2.85. The molecule has 0 aliphatic rings. The molecule has 1 heterocycles. The van der Waals surface area contributed by atoms with Crippen LogP contribution in [0.25, 0.3) is 0 Å². The van der Waals surface area contributed by atoms with Crippen molar-refractivity contribution in [2.45, 2.75) is 11.4 Å². The van der Waals surface area contributed by atoms with E-state index in [0.717, 1.165) is 6.26 Å². The summed E-state index contributed by atoms with van der Waals surface area (Å²) in [6.07, 6.45) is 1.09. The molecule has 0 aliphatic heterocycles. The molecular weight excluding hydrogens is 320 g/mol. The highest BCUT2D eigenvalue weighted by Gasteiger charge is 2.13. The molecule has 9 heteroatoms. The van der Waals surface area contributed by atoms with Gasteiger partial charge in [0.05, 0.1) is 28.2 Å². The number of sulfone groups is 1. The van der Waals surface area contributed by atoms with E-state index in [9.17, 15) is 18.5 Å². The molecule has 112 valence electrons. The van der Waals surface area contributed by atoms with E-state index in [1.807, 2.05) is 0 Å². The topological polar surface area (TPSA) is 102 Å². The minimum absolute atomic E-state index is 0.125. The van der Waals surface area contributed by atoms with Gasteiger partial charge in [0.25, 0.3) is 0 Å². The van der Waals surface area contributed by atoms with E-state index in [4.69, 9.17) is 16.0 Å². The number of hydrogen-bond donors (Lipinski definition) is 1. The Hall–Kier alpha value is -2.06. The van der Waals surface area contributed by atoms with Crippen LogP contribution >= 0.6 is 11.6 Å². The number of hydrogen-bond acceptors (Lipinski definition) is 6. The fourth-order valence-electron chi connectivity index (χ4n) is 1.61. The molecule has 0 saturated carbocycles. The summed E-state index contributed by atoms with van der Waals surface area (Å²) in [7, 11) is -3.34. The average molecular weight is 331 g/mol. The first-order valence-corrected chi connectivity index (χ1v) is 8.01. The Labute approximate surface area is 125 Å². The number of nitro groups is 1. The normalized spacial score (nSPS) is 11.3. The van der Waals surface area contributed by atoms with Gasteiger partial charge in [0, 0.05) is 6.26 Å². The second-order valence-electron chi connectivity index (χ2n) is 4.26. The lowest BCUT2D eigenvalue weighted by atomic mass is 10.3. The zero-order chi connectivity index (χ0) is 15.6. The molecule has 0 amide bonds. The Morgan fingerprint density at radius 2 is 2.05 bits per heavy atom. The molecule has 21 heavy (non-hydrogen) atoms. The number of anilines is 1. The second-order valence-corrected chi connectivity index (χ2v) is 6.69. The van der Waals surface area contributed by atoms with Crippen LogP contribution in [0.1, 0.15) is 5.76 Å². The van der Waals surface area contributed by atoms with Crippen molar-refractivity contribution in [3.8, 4) is 0 Å². The first-order chi connectivity index (χ1) is 9.77. The molecule has 0 fully saturated rings. The summed E-state index contributed by atoms with van der Waals surface area (Å²) in [5, 5.41) is 13.7. The van der Waals surface area contributed by atoms with Crippen LogP contribution in [0.3, 0.4) is 0 Å². The van der Waals surface area contributed by atoms with Crippen LogP contribution in [0.4, 0.5) is 11.6 Å². The number of halogens is 1. The predicted octanol–water partition coefficient (Wildman–Crippen LogP) is 2.86. The van der Waals surface area contributed by atoms with E-state index in [1.165, 1.54) is 30.3 Å². The van der Waals surface area contributed by atoms with Crippen LogP contribution in [0.2, 0.25) is 5.02 Å². The maximum Gasteiger partial charge on any atom is 0.433 e. The van der Waals surface area contributed by atoms with Crippen molar-refractivity contribution in [2.75, 3.05) is 11.6 Å². The Bertz CT molecular complexity index is 785. The lowest BCUT2D eigenvalue weighted by Crippen LogP contribution is -2.02. The van der Waals surface area contributed by atoms with E-state index >= 15 is 0 Å². The van der Waals surface area contributed by atoms with Crippen LogP contribution in [0.5, 0.6) is 0 Å². The fourth-order valence-corrected chi connectivity index (χ4v) is 2.44. The molecule has 0 aliphatic carbocycles. The third-order valence-corrected chi connectivity index (χ3v) is 4.09. The third-order valence-electron chi connectivity index (χ3n) is 2.65. The first-order valence-electron chi connectivity index (χ1n) is 5.74. The van der Waals surface area contributed by atoms with Gasteiger partial charge < -0.3 is 9.73 Å². The number of rotatable bonds is 5. The summed E-state index contributed by atoms with van der Waals surface area (Å²) in [5.41, 5.74) is 0.402. The molecule has 2 aromatic rings. The molecule has 1 aromatic carbocycles. The number of nitrogens with one attached hydrogen (secondary N) is 1. The zero-order valence-electron chi connectivity index (χ0n) is 10.9. The van der Waals surface area contributed by atoms with Gasteiger partial charge in [0.2, 0.25) is 0 Å². The largest absolute Gasteiger partial charge is 0.433 e. The summed E-state index contributed by atoms with van der Waals surface area (Å²) < 4.78 is 28.0. The monoisotopic (exact) mass is 330 g/mol. The van der Waals surface area contributed by atoms with Crippen molar-refractivity contribution in [3.05, 3.63) is 51.2 Å². The Morgan fingerprint density at radius 1 is 1.33 bits per heavy atom. The fraction of sp³-hybridized carbons (Fsp3) is 0.167. The maximum absolute atomic E-state index is 11.5. The molecule has 0 unspecified atom stereocenters.